The van der Waals surface area contributed by atoms with Crippen molar-refractivity contribution in [2.75, 3.05) is 13.2 Å². The second-order valence-electron chi connectivity index (χ2n) is 10.3. The number of rotatable bonds is 13. The average Bonchev–Trinajstić information content (AvgIpc) is 3.28. The van der Waals surface area contributed by atoms with Crippen LogP contribution in [0.25, 0.3) is 11.0 Å². The SMILES string of the molecule is CCC(C)c1ccc(OCCCCn2c(CCCNC(=O)C3CCCCC3)nc3ccccc32)cc1. The molecule has 1 atom stereocenters. The van der Waals surface area contributed by atoms with E-state index in [-0.39, 0.29) is 11.8 Å². The van der Waals surface area contributed by atoms with Crippen LogP contribution in [0.15, 0.2) is 48.5 Å². The van der Waals surface area contributed by atoms with Crippen molar-refractivity contribution in [2.45, 2.75) is 90.5 Å². The number of para-hydroxylation sites is 2. The van der Waals surface area contributed by atoms with Crippen molar-refractivity contribution >= 4 is 16.9 Å². The van der Waals surface area contributed by atoms with E-state index in [2.05, 4.69) is 66.2 Å². The maximum atomic E-state index is 12.4. The molecule has 1 saturated carbocycles. The Morgan fingerprint density at radius 3 is 2.61 bits per heavy atom. The lowest BCUT2D eigenvalue weighted by atomic mass is 9.89. The van der Waals surface area contributed by atoms with Crippen molar-refractivity contribution in [3.8, 4) is 5.75 Å². The molecule has 0 radical (unpaired) electrons. The molecular formula is C31H43N3O2. The van der Waals surface area contributed by atoms with Gasteiger partial charge in [-0.2, -0.15) is 0 Å². The number of carbonyl (C=O) groups excluding carboxylic acids is 1. The zero-order valence-electron chi connectivity index (χ0n) is 22.2. The zero-order valence-corrected chi connectivity index (χ0v) is 22.2. The number of carbonyl (C=O) groups is 1. The molecule has 36 heavy (non-hydrogen) atoms. The van der Waals surface area contributed by atoms with Crippen molar-refractivity contribution in [1.82, 2.24) is 14.9 Å². The van der Waals surface area contributed by atoms with Crippen LogP contribution in [0.4, 0.5) is 0 Å². The first-order valence-corrected chi connectivity index (χ1v) is 14.1. The van der Waals surface area contributed by atoms with E-state index in [1.807, 2.05) is 6.07 Å². The molecule has 3 aromatic rings. The van der Waals surface area contributed by atoms with Crippen LogP contribution in [0, 0.1) is 5.92 Å². The maximum absolute atomic E-state index is 12.4. The van der Waals surface area contributed by atoms with Gasteiger partial charge in [0.2, 0.25) is 5.91 Å². The van der Waals surface area contributed by atoms with E-state index < -0.39 is 0 Å². The van der Waals surface area contributed by atoms with Gasteiger partial charge in [0.1, 0.15) is 11.6 Å². The van der Waals surface area contributed by atoms with E-state index in [4.69, 9.17) is 9.72 Å². The first kappa shape index (κ1) is 26.2. The van der Waals surface area contributed by atoms with Gasteiger partial charge in [0.15, 0.2) is 0 Å². The van der Waals surface area contributed by atoms with E-state index >= 15 is 0 Å². The van der Waals surface area contributed by atoms with Gasteiger partial charge < -0.3 is 14.6 Å². The summed E-state index contributed by atoms with van der Waals surface area (Å²) in [6.07, 6.45) is 10.7. The molecule has 1 fully saturated rings. The highest BCUT2D eigenvalue weighted by Gasteiger charge is 2.20. The molecule has 0 aliphatic heterocycles. The minimum absolute atomic E-state index is 0.225. The molecule has 1 unspecified atom stereocenters. The monoisotopic (exact) mass is 489 g/mol. The Morgan fingerprint density at radius 2 is 1.83 bits per heavy atom. The summed E-state index contributed by atoms with van der Waals surface area (Å²) in [5.41, 5.74) is 3.62. The molecule has 1 aromatic heterocycles. The van der Waals surface area contributed by atoms with Gasteiger partial charge in [-0.3, -0.25) is 4.79 Å². The summed E-state index contributed by atoms with van der Waals surface area (Å²) < 4.78 is 8.36. The third-order valence-electron chi connectivity index (χ3n) is 7.69. The number of benzene rings is 2. The number of aromatic nitrogens is 2. The Kier molecular flexibility index (Phi) is 9.83. The van der Waals surface area contributed by atoms with E-state index in [1.165, 1.54) is 30.3 Å². The molecular weight excluding hydrogens is 446 g/mol. The number of imidazole rings is 1. The Balaban J connectivity index is 1.24. The van der Waals surface area contributed by atoms with Crippen LogP contribution in [0.1, 0.15) is 88.9 Å². The summed E-state index contributed by atoms with van der Waals surface area (Å²) in [5.74, 6) is 3.13. The third-order valence-corrected chi connectivity index (χ3v) is 7.69. The minimum atomic E-state index is 0.225. The van der Waals surface area contributed by atoms with Crippen molar-refractivity contribution < 1.29 is 9.53 Å². The largest absolute Gasteiger partial charge is 0.494 e. The van der Waals surface area contributed by atoms with Crippen molar-refractivity contribution in [1.29, 1.82) is 0 Å². The Labute approximate surface area is 216 Å². The van der Waals surface area contributed by atoms with Crippen molar-refractivity contribution in [3.63, 3.8) is 0 Å². The molecule has 0 saturated heterocycles. The molecule has 4 rings (SSSR count). The Hall–Kier alpha value is -2.82. The number of amides is 1. The number of nitrogens with zero attached hydrogens (tertiary/aromatic N) is 2. The lowest BCUT2D eigenvalue weighted by Gasteiger charge is -2.20. The van der Waals surface area contributed by atoms with E-state index in [0.29, 0.717) is 5.92 Å². The van der Waals surface area contributed by atoms with Gasteiger partial charge in [-0.1, -0.05) is 57.4 Å². The molecule has 1 aliphatic carbocycles. The number of fused-ring (bicyclic) bond motifs is 1. The van der Waals surface area contributed by atoms with Gasteiger partial charge in [0.05, 0.1) is 17.6 Å². The summed E-state index contributed by atoms with van der Waals surface area (Å²) in [6.45, 7) is 6.86. The Bertz CT molecular complexity index is 1080. The predicted octanol–water partition coefficient (Wildman–Crippen LogP) is 7.04. The lowest BCUT2D eigenvalue weighted by Crippen LogP contribution is -2.32. The van der Waals surface area contributed by atoms with Crippen molar-refractivity contribution in [2.24, 2.45) is 5.92 Å². The molecule has 5 nitrogen and oxygen atoms in total. The number of hydrogen-bond acceptors (Lipinski definition) is 3. The van der Waals surface area contributed by atoms with E-state index in [1.54, 1.807) is 0 Å². The molecule has 2 aromatic carbocycles. The fourth-order valence-electron chi connectivity index (χ4n) is 5.22. The maximum Gasteiger partial charge on any atom is 0.223 e. The highest BCUT2D eigenvalue weighted by atomic mass is 16.5. The predicted molar refractivity (Wildman–Crippen MR) is 148 cm³/mol. The van der Waals surface area contributed by atoms with Crippen LogP contribution in [-0.2, 0) is 17.8 Å². The van der Waals surface area contributed by atoms with Crippen LogP contribution in [0.5, 0.6) is 5.75 Å². The number of aryl methyl sites for hydroxylation is 2. The quantitative estimate of drug-likeness (QED) is 0.262. The van der Waals surface area contributed by atoms with Crippen LogP contribution in [0.2, 0.25) is 0 Å². The summed E-state index contributed by atoms with van der Waals surface area (Å²) >= 11 is 0. The zero-order chi connectivity index (χ0) is 25.2. The van der Waals surface area contributed by atoms with Gasteiger partial charge in [-0.15, -0.1) is 0 Å². The van der Waals surface area contributed by atoms with Crippen LogP contribution >= 0.6 is 0 Å². The summed E-state index contributed by atoms with van der Waals surface area (Å²) in [4.78, 5) is 17.4. The fourth-order valence-corrected chi connectivity index (χ4v) is 5.22. The number of ether oxygens (including phenoxy) is 1. The normalized spacial score (nSPS) is 15.2. The van der Waals surface area contributed by atoms with Gasteiger partial charge in [0, 0.05) is 25.4 Å². The average molecular weight is 490 g/mol. The fraction of sp³-hybridized carbons (Fsp3) is 0.548. The van der Waals surface area contributed by atoms with Crippen molar-refractivity contribution in [3.05, 3.63) is 59.9 Å². The summed E-state index contributed by atoms with van der Waals surface area (Å²) in [7, 11) is 0. The smallest absolute Gasteiger partial charge is 0.223 e. The lowest BCUT2D eigenvalue weighted by molar-refractivity contribution is -0.125. The number of nitrogens with one attached hydrogen (secondary N) is 1. The van der Waals surface area contributed by atoms with Gasteiger partial charge >= 0.3 is 0 Å². The van der Waals surface area contributed by atoms with Gasteiger partial charge in [-0.25, -0.2) is 4.98 Å². The van der Waals surface area contributed by atoms with E-state index in [9.17, 15) is 4.79 Å². The van der Waals surface area contributed by atoms with Crippen LogP contribution in [-0.4, -0.2) is 28.6 Å². The highest BCUT2D eigenvalue weighted by molar-refractivity contribution is 5.78. The molecule has 0 spiro atoms. The highest BCUT2D eigenvalue weighted by Crippen LogP contribution is 2.24. The molecule has 5 heteroatoms. The Morgan fingerprint density at radius 1 is 1.06 bits per heavy atom. The third kappa shape index (κ3) is 7.11. The number of hydrogen-bond donors (Lipinski definition) is 1. The van der Waals surface area contributed by atoms with E-state index in [0.717, 1.165) is 81.7 Å². The minimum Gasteiger partial charge on any atom is -0.494 e. The second kappa shape index (κ2) is 13.5. The standard InChI is InChI=1S/C31H43N3O2/c1-3-24(2)25-17-19-27(20-18-25)36-23-10-9-22-34-29-15-8-7-14-28(29)33-30(34)16-11-21-32-31(35)26-12-5-4-6-13-26/h7-8,14-15,17-20,24,26H,3-6,9-13,16,21-23H2,1-2H3,(H,32,35). The topological polar surface area (TPSA) is 56.1 Å². The molecule has 194 valence electrons. The summed E-state index contributed by atoms with van der Waals surface area (Å²) in [6, 6.07) is 16.9. The van der Waals surface area contributed by atoms with Gasteiger partial charge in [-0.05, 0) is 74.3 Å². The second-order valence-corrected chi connectivity index (χ2v) is 10.3. The first-order chi connectivity index (χ1) is 17.7. The molecule has 1 amide bonds. The molecule has 1 aliphatic rings. The molecule has 0 bridgehead atoms. The molecule has 1 N–H and O–H groups in total. The summed E-state index contributed by atoms with van der Waals surface area (Å²) in [5, 5.41) is 3.17. The molecule has 1 heterocycles. The number of unbranched alkanes of at least 4 members (excludes halogenated alkanes) is 1. The van der Waals surface area contributed by atoms with Gasteiger partial charge in [0.25, 0.3) is 0 Å². The first-order valence-electron chi connectivity index (χ1n) is 14.1. The van der Waals surface area contributed by atoms with Crippen LogP contribution in [0.3, 0.4) is 0 Å². The van der Waals surface area contributed by atoms with Crippen LogP contribution < -0.4 is 10.1 Å².